The Bertz CT molecular complexity index is 1310. The van der Waals surface area contributed by atoms with Gasteiger partial charge in [0.15, 0.2) is 24.7 Å². The molecule has 0 amide bonds. The molecule has 5 fully saturated rings. The summed E-state index contributed by atoms with van der Waals surface area (Å²) < 4.78 is 33.6. The van der Waals surface area contributed by atoms with Crippen molar-refractivity contribution < 1.29 is 77.4 Å². The number of fused-ring (bicyclic) bond motifs is 3. The molecule has 1 spiro atoms. The second-order valence-electron chi connectivity index (χ2n) is 15.5. The van der Waals surface area contributed by atoms with Crippen LogP contribution in [-0.4, -0.2) is 99.1 Å². The van der Waals surface area contributed by atoms with E-state index in [1.54, 1.807) is 13.8 Å². The summed E-state index contributed by atoms with van der Waals surface area (Å²) in [5.41, 5.74) is -0.111. The van der Waals surface area contributed by atoms with Gasteiger partial charge in [-0.25, -0.2) is 5.26 Å². The van der Waals surface area contributed by atoms with Crippen molar-refractivity contribution >= 4 is 36.2 Å². The number of carbonyl (C=O) groups is 4. The van der Waals surface area contributed by atoms with E-state index in [1.807, 2.05) is 0 Å². The molecule has 51 heavy (non-hydrogen) atoms. The molecule has 0 radical (unpaired) electrons. The Morgan fingerprint density at radius 3 is 2.45 bits per heavy atom. The zero-order valence-electron chi connectivity index (χ0n) is 29.0. The third-order valence-electron chi connectivity index (χ3n) is 12.0. The van der Waals surface area contributed by atoms with E-state index in [1.165, 1.54) is 0 Å². The third kappa shape index (κ3) is 8.26. The molecule has 4 saturated carbocycles. The number of carboxylic acids is 2. The smallest absolute Gasteiger partial charge is 0.306 e. The molecule has 4 aliphatic carbocycles. The van der Waals surface area contributed by atoms with Gasteiger partial charge in [0.25, 0.3) is 0 Å². The first-order chi connectivity index (χ1) is 24.1. The average Bonchev–Trinajstić information content (AvgIpc) is 3.23. The maximum Gasteiger partial charge on any atom is 0.306 e. The van der Waals surface area contributed by atoms with Crippen LogP contribution in [0.4, 0.5) is 0 Å². The van der Waals surface area contributed by atoms with Crippen molar-refractivity contribution in [2.75, 3.05) is 6.61 Å². The van der Waals surface area contributed by atoms with Crippen molar-refractivity contribution in [3.05, 3.63) is 12.2 Å². The second kappa shape index (κ2) is 16.3. The molecular formula is C34H50O16S. The summed E-state index contributed by atoms with van der Waals surface area (Å²) in [5, 5.41) is 54.6. The molecule has 16 nitrogen and oxygen atoms in total. The third-order valence-corrected chi connectivity index (χ3v) is 12.5. The Kier molecular flexibility index (Phi) is 12.8. The van der Waals surface area contributed by atoms with E-state index in [2.05, 4.69) is 22.9 Å². The fourth-order valence-corrected chi connectivity index (χ4v) is 10.3. The average molecular weight is 747 g/mol. The monoisotopic (exact) mass is 746 g/mol. The minimum absolute atomic E-state index is 0.00246. The molecule has 1 heterocycles. The van der Waals surface area contributed by atoms with E-state index in [4.69, 9.17) is 33.5 Å². The first kappa shape index (κ1) is 39.8. The van der Waals surface area contributed by atoms with Crippen LogP contribution < -0.4 is 0 Å². The van der Waals surface area contributed by atoms with E-state index < -0.39 is 103 Å². The minimum atomic E-state index is -1.64. The van der Waals surface area contributed by atoms with Gasteiger partial charge in [-0.15, -0.1) is 4.33 Å². The number of esters is 2. The van der Waals surface area contributed by atoms with E-state index in [0.717, 1.165) is 24.8 Å². The van der Waals surface area contributed by atoms with Gasteiger partial charge in [-0.05, 0) is 79.6 Å². The molecule has 0 aromatic heterocycles. The number of carbonyl (C=O) groups excluding carboxylic acids is 2. The lowest BCUT2D eigenvalue weighted by atomic mass is 9.43. The van der Waals surface area contributed by atoms with Crippen LogP contribution in [0.3, 0.4) is 0 Å². The minimum Gasteiger partial charge on any atom is -0.481 e. The van der Waals surface area contributed by atoms with Gasteiger partial charge in [-0.2, -0.15) is 0 Å². The topological polar surface area (TPSA) is 234 Å². The Morgan fingerprint density at radius 1 is 1.04 bits per heavy atom. The highest BCUT2D eigenvalue weighted by atomic mass is 32.2. The Balaban J connectivity index is 1.44. The molecule has 1 aliphatic heterocycles. The predicted molar refractivity (Wildman–Crippen MR) is 174 cm³/mol. The maximum atomic E-state index is 13.0. The molecule has 13 atom stereocenters. The number of ether oxygens (including phenoxy) is 4. The summed E-state index contributed by atoms with van der Waals surface area (Å²) in [5.74, 6) is -4.55. The number of hydrogen-bond acceptors (Lipinski definition) is 15. The quantitative estimate of drug-likeness (QED) is 0.0307. The van der Waals surface area contributed by atoms with Crippen LogP contribution in [-0.2, 0) is 51.7 Å². The highest BCUT2D eigenvalue weighted by Crippen LogP contribution is 2.70. The van der Waals surface area contributed by atoms with Crippen LogP contribution in [0.1, 0.15) is 85.0 Å². The largest absolute Gasteiger partial charge is 0.481 e. The number of rotatable bonds is 15. The van der Waals surface area contributed by atoms with E-state index >= 15 is 0 Å². The van der Waals surface area contributed by atoms with Gasteiger partial charge >= 0.3 is 23.9 Å². The molecular weight excluding hydrogens is 696 g/mol. The number of carboxylic acid groups (broad SMARTS) is 2. The van der Waals surface area contributed by atoms with E-state index in [0.29, 0.717) is 19.3 Å². The Labute approximate surface area is 300 Å². The highest BCUT2D eigenvalue weighted by Gasteiger charge is 2.67. The van der Waals surface area contributed by atoms with Crippen LogP contribution in [0.25, 0.3) is 0 Å². The number of aliphatic carboxylic acids is 2. The lowest BCUT2D eigenvalue weighted by molar-refractivity contribution is -0.435. The van der Waals surface area contributed by atoms with Crippen LogP contribution in [0, 0.1) is 40.4 Å². The van der Waals surface area contributed by atoms with E-state index in [9.17, 15) is 34.5 Å². The van der Waals surface area contributed by atoms with Crippen molar-refractivity contribution in [3.63, 3.8) is 0 Å². The molecule has 5 N–H and O–H groups in total. The number of aliphatic hydroxyl groups is 2. The van der Waals surface area contributed by atoms with Crippen molar-refractivity contribution in [2.24, 2.45) is 40.4 Å². The van der Waals surface area contributed by atoms with Crippen LogP contribution in [0.2, 0.25) is 0 Å². The van der Waals surface area contributed by atoms with E-state index in [-0.39, 0.29) is 48.8 Å². The van der Waals surface area contributed by atoms with Gasteiger partial charge in [0.1, 0.15) is 24.9 Å². The first-order valence-corrected chi connectivity index (χ1v) is 18.2. The predicted octanol–water partition coefficient (Wildman–Crippen LogP) is 3.44. The van der Waals surface area contributed by atoms with Gasteiger partial charge in [0, 0.05) is 11.8 Å². The fraction of sp³-hybridized carbons (Fsp3) is 0.824. The molecule has 8 unspecified atom stereocenters. The lowest BCUT2D eigenvalue weighted by Gasteiger charge is -2.62. The van der Waals surface area contributed by atoms with Crippen molar-refractivity contribution in [2.45, 2.75) is 128 Å². The zero-order chi connectivity index (χ0) is 37.2. The molecule has 2 bridgehead atoms. The molecule has 288 valence electrons. The summed E-state index contributed by atoms with van der Waals surface area (Å²) in [6.45, 7) is 9.35. The van der Waals surface area contributed by atoms with Gasteiger partial charge in [-0.1, -0.05) is 32.4 Å². The standard InChI is InChI=1S/C34H50O16S/c1-16(2)11-26(38)47-29-28(48-51-50-49-43)27(39)22(15-44-25(37)8-7-24(35)36)46-32(29)45-19-12-20(31(41)42)21-9-10-34-13-18(17(3)30(34)40)5-6-23(34)33(21,4)14-19/h16,18-23,27-30,32,39-40,43H,3,5-15H2,1-2,4H3,(H,35,36)(H,41,42)/t18?,19?,20?,21?,22-,23?,27-,28-,29?,30+,32+,33?,34?/m1/s1. The molecule has 1 saturated heterocycles. The Hall–Kier alpha value is -2.35. The van der Waals surface area contributed by atoms with Crippen LogP contribution in [0.5, 0.6) is 0 Å². The van der Waals surface area contributed by atoms with Gasteiger partial charge < -0.3 is 39.4 Å². The summed E-state index contributed by atoms with van der Waals surface area (Å²) >= 11 is 0.115. The fourth-order valence-electron chi connectivity index (χ4n) is 9.96. The number of aliphatic hydroxyl groups excluding tert-OH is 2. The summed E-state index contributed by atoms with van der Waals surface area (Å²) in [7, 11) is 0. The van der Waals surface area contributed by atoms with Crippen molar-refractivity contribution in [1.29, 1.82) is 0 Å². The summed E-state index contributed by atoms with van der Waals surface area (Å²) in [4.78, 5) is 49.1. The van der Waals surface area contributed by atoms with Crippen LogP contribution in [0.15, 0.2) is 12.2 Å². The van der Waals surface area contributed by atoms with Gasteiger partial charge in [0.2, 0.25) is 0 Å². The van der Waals surface area contributed by atoms with Crippen molar-refractivity contribution in [1.82, 2.24) is 0 Å². The maximum absolute atomic E-state index is 13.0. The molecule has 0 aromatic carbocycles. The number of hydrogen-bond donors (Lipinski definition) is 5. The highest BCUT2D eigenvalue weighted by molar-refractivity contribution is 7.89. The van der Waals surface area contributed by atoms with Crippen molar-refractivity contribution in [3.8, 4) is 0 Å². The first-order valence-electron chi connectivity index (χ1n) is 17.6. The summed E-state index contributed by atoms with van der Waals surface area (Å²) in [6, 6.07) is 0. The second-order valence-corrected chi connectivity index (χ2v) is 15.9. The van der Waals surface area contributed by atoms with Crippen LogP contribution >= 0.6 is 12.3 Å². The molecule has 17 heteroatoms. The molecule has 5 aliphatic rings. The molecule has 5 rings (SSSR count). The Morgan fingerprint density at radius 2 is 1.78 bits per heavy atom. The SMILES string of the molecule is C=C1C2CCC3C4(C)CC(O[C@H]5O[C@H](COC(=O)CCC(=O)O)[C@@H](O)[C@@H](OSOOO)C5OC(=O)CC(C)C)CC(C(=O)O)C4CCC3(C2)[C@H]1O. The summed E-state index contributed by atoms with van der Waals surface area (Å²) in [6.07, 6.45) is -5.42. The van der Waals surface area contributed by atoms with Gasteiger partial charge in [0.05, 0.1) is 31.0 Å². The zero-order valence-corrected chi connectivity index (χ0v) is 29.9. The van der Waals surface area contributed by atoms with Gasteiger partial charge in [-0.3, -0.25) is 23.4 Å². The normalized spacial score (nSPS) is 40.3. The molecule has 0 aromatic rings. The lowest BCUT2D eigenvalue weighted by Crippen LogP contribution is -2.63.